The van der Waals surface area contributed by atoms with Crippen LogP contribution in [0.2, 0.25) is 0 Å². The average molecular weight is 803 g/mol. The molecule has 1 radical (unpaired) electrons. The molecule has 0 aliphatic rings. The number of aliphatic hydroxyl groups excluding tert-OH is 1. The Morgan fingerprint density at radius 3 is 2.04 bits per heavy atom. The van der Waals surface area contributed by atoms with Crippen molar-refractivity contribution in [2.24, 2.45) is 17.3 Å². The number of benzene rings is 3. The predicted molar refractivity (Wildman–Crippen MR) is 189 cm³/mol. The van der Waals surface area contributed by atoms with Gasteiger partial charge < -0.3 is 5.11 Å². The van der Waals surface area contributed by atoms with E-state index in [1.165, 1.54) is 28.7 Å². The van der Waals surface area contributed by atoms with E-state index in [2.05, 4.69) is 95.1 Å². The van der Waals surface area contributed by atoms with Gasteiger partial charge in [0.25, 0.3) is 0 Å². The molecule has 0 fully saturated rings. The first-order valence-corrected chi connectivity index (χ1v) is 16.6. The monoisotopic (exact) mass is 803 g/mol. The van der Waals surface area contributed by atoms with Crippen LogP contribution in [-0.4, -0.2) is 15.9 Å². The van der Waals surface area contributed by atoms with E-state index in [4.69, 9.17) is 0 Å². The van der Waals surface area contributed by atoms with Crippen molar-refractivity contribution in [2.75, 3.05) is 0 Å². The van der Waals surface area contributed by atoms with Gasteiger partial charge in [-0.15, -0.1) is 29.1 Å². The molecule has 251 valence electrons. The third-order valence-corrected chi connectivity index (χ3v) is 8.52. The molecule has 4 rings (SSSR count). The molecule has 0 atom stereocenters. The molecule has 0 spiro atoms. The Kier molecular flexibility index (Phi) is 14.3. The number of aliphatic hydroxyl groups is 1. The number of carbonyl (C=O) groups excluding carboxylic acids is 1. The van der Waals surface area contributed by atoms with Crippen molar-refractivity contribution in [1.29, 1.82) is 0 Å². The van der Waals surface area contributed by atoms with Crippen molar-refractivity contribution in [3.8, 4) is 11.3 Å². The van der Waals surface area contributed by atoms with E-state index in [1.807, 2.05) is 33.8 Å². The SMILES string of the molecule is CC(C)(C)Cc1ccc2c(-c3[c-]c4ccccc4c(C(C)(C)C)c3)nc(F)cc2c1.CCC(CC)C(=O)/C=C(\O)C(CC)CC.[Ir]. The molecular formula is C41H53FIrNO2-. The van der Waals surface area contributed by atoms with E-state index in [0.717, 1.165) is 53.8 Å². The van der Waals surface area contributed by atoms with Gasteiger partial charge in [-0.1, -0.05) is 117 Å². The van der Waals surface area contributed by atoms with Gasteiger partial charge in [0.2, 0.25) is 5.95 Å². The fourth-order valence-corrected chi connectivity index (χ4v) is 5.96. The number of aromatic nitrogens is 1. The van der Waals surface area contributed by atoms with Crippen LogP contribution in [0.3, 0.4) is 0 Å². The summed E-state index contributed by atoms with van der Waals surface area (Å²) in [5, 5.41) is 13.8. The van der Waals surface area contributed by atoms with Crippen LogP contribution in [-0.2, 0) is 36.7 Å². The predicted octanol–water partition coefficient (Wildman–Crippen LogP) is 11.7. The zero-order chi connectivity index (χ0) is 33.5. The smallest absolute Gasteiger partial charge is 0.206 e. The van der Waals surface area contributed by atoms with E-state index >= 15 is 0 Å². The molecule has 4 aromatic rings. The fourth-order valence-electron chi connectivity index (χ4n) is 5.96. The van der Waals surface area contributed by atoms with Gasteiger partial charge in [-0.3, -0.25) is 9.78 Å². The third kappa shape index (κ3) is 10.3. The number of fused-ring (bicyclic) bond motifs is 2. The second-order valence-corrected chi connectivity index (χ2v) is 14.5. The first-order chi connectivity index (χ1) is 21.1. The van der Waals surface area contributed by atoms with E-state index in [9.17, 15) is 14.3 Å². The van der Waals surface area contributed by atoms with Crippen LogP contribution in [0.1, 0.15) is 106 Å². The van der Waals surface area contributed by atoms with Crippen molar-refractivity contribution in [3.63, 3.8) is 0 Å². The molecule has 0 bridgehead atoms. The van der Waals surface area contributed by atoms with Crippen molar-refractivity contribution in [2.45, 2.75) is 107 Å². The van der Waals surface area contributed by atoms with Crippen LogP contribution in [0.4, 0.5) is 4.39 Å². The number of carbonyl (C=O) groups is 1. The van der Waals surface area contributed by atoms with Gasteiger partial charge in [0.15, 0.2) is 5.78 Å². The van der Waals surface area contributed by atoms with Crippen LogP contribution in [0.5, 0.6) is 0 Å². The largest absolute Gasteiger partial charge is 0.512 e. The van der Waals surface area contributed by atoms with Gasteiger partial charge in [-0.05, 0) is 65.3 Å². The van der Waals surface area contributed by atoms with Gasteiger partial charge in [-0.2, -0.15) is 4.39 Å². The average Bonchev–Trinajstić information content (AvgIpc) is 2.96. The molecule has 0 saturated carbocycles. The van der Waals surface area contributed by atoms with E-state index in [0.29, 0.717) is 5.69 Å². The van der Waals surface area contributed by atoms with E-state index < -0.39 is 5.95 Å². The number of allylic oxidation sites excluding steroid dienone is 2. The van der Waals surface area contributed by atoms with Gasteiger partial charge >= 0.3 is 0 Å². The van der Waals surface area contributed by atoms with Crippen LogP contribution >= 0.6 is 0 Å². The summed E-state index contributed by atoms with van der Waals surface area (Å²) in [6, 6.07) is 21.8. The molecule has 0 aliphatic carbocycles. The minimum absolute atomic E-state index is 0. The number of ketones is 1. The Hall–Kier alpha value is -2.88. The maximum absolute atomic E-state index is 14.6. The number of halogens is 1. The van der Waals surface area contributed by atoms with Crippen molar-refractivity contribution in [1.82, 2.24) is 4.98 Å². The van der Waals surface area contributed by atoms with Gasteiger partial charge in [0.1, 0.15) is 0 Å². The molecule has 0 aliphatic heterocycles. The van der Waals surface area contributed by atoms with Crippen molar-refractivity contribution in [3.05, 3.63) is 89.6 Å². The summed E-state index contributed by atoms with van der Waals surface area (Å²) >= 11 is 0. The summed E-state index contributed by atoms with van der Waals surface area (Å²) in [6.07, 6.45) is 5.85. The summed E-state index contributed by atoms with van der Waals surface area (Å²) in [5.74, 6) is 0.0930. The Balaban J connectivity index is 0.000000394. The topological polar surface area (TPSA) is 50.2 Å². The number of hydrogen-bond acceptors (Lipinski definition) is 3. The maximum Gasteiger partial charge on any atom is 0.206 e. The summed E-state index contributed by atoms with van der Waals surface area (Å²) in [7, 11) is 0. The molecular weight excluding hydrogens is 750 g/mol. The zero-order valence-corrected chi connectivity index (χ0v) is 31.9. The van der Waals surface area contributed by atoms with Crippen molar-refractivity contribution < 1.29 is 34.4 Å². The van der Waals surface area contributed by atoms with Crippen LogP contribution in [0, 0.1) is 29.3 Å². The Bertz CT molecular complexity index is 1640. The third-order valence-electron chi connectivity index (χ3n) is 8.52. The molecule has 0 amide bonds. The summed E-state index contributed by atoms with van der Waals surface area (Å²) in [5.41, 5.74) is 4.05. The molecule has 1 N–H and O–H groups in total. The van der Waals surface area contributed by atoms with Gasteiger partial charge in [0.05, 0.1) is 5.76 Å². The van der Waals surface area contributed by atoms with Crippen LogP contribution < -0.4 is 0 Å². The van der Waals surface area contributed by atoms with Crippen LogP contribution in [0.15, 0.2) is 66.4 Å². The Labute approximate surface area is 290 Å². The van der Waals surface area contributed by atoms with Gasteiger partial charge in [0, 0.05) is 43.7 Å². The van der Waals surface area contributed by atoms with Crippen LogP contribution in [0.25, 0.3) is 32.8 Å². The number of hydrogen-bond donors (Lipinski definition) is 1. The molecule has 0 saturated heterocycles. The van der Waals surface area contributed by atoms with Crippen molar-refractivity contribution >= 4 is 27.3 Å². The van der Waals surface area contributed by atoms with E-state index in [1.54, 1.807) is 0 Å². The molecule has 1 aromatic heterocycles. The first kappa shape index (κ1) is 39.3. The summed E-state index contributed by atoms with van der Waals surface area (Å²) < 4.78 is 14.6. The normalized spacial score (nSPS) is 12.3. The second kappa shape index (κ2) is 16.8. The fraction of sp³-hybridized carbons (Fsp3) is 0.463. The summed E-state index contributed by atoms with van der Waals surface area (Å²) in [6.45, 7) is 21.3. The first-order valence-electron chi connectivity index (χ1n) is 16.6. The molecule has 0 unspecified atom stereocenters. The molecule has 3 aromatic carbocycles. The zero-order valence-electron chi connectivity index (χ0n) is 29.5. The molecule has 5 heteroatoms. The quantitative estimate of drug-likeness (QED) is 0.0794. The number of rotatable bonds is 9. The van der Waals surface area contributed by atoms with Gasteiger partial charge in [-0.25, -0.2) is 0 Å². The molecule has 1 heterocycles. The standard InChI is InChI=1S/C28H29FN.C13H24O2.Ir/c1-27(2,3)17-18-11-12-23-20(13-18)16-25(29)30-26(23)21-14-19-9-7-8-10-22(19)24(15-21)28(4,5)6;1-5-10(6-2)12(14)9-13(15)11(7-3)8-4;/h7-13,15-16H,17H2,1-6H3;9-11,14H,5-8H2,1-4H3;/q-1;;/b;12-9-;. The Morgan fingerprint density at radius 2 is 1.48 bits per heavy atom. The minimum atomic E-state index is -0.454. The number of pyridine rings is 1. The Morgan fingerprint density at radius 1 is 0.870 bits per heavy atom. The molecule has 3 nitrogen and oxygen atoms in total. The number of nitrogens with zero attached hydrogens (tertiary/aromatic N) is 1. The second-order valence-electron chi connectivity index (χ2n) is 14.5. The van der Waals surface area contributed by atoms with E-state index in [-0.39, 0.29) is 54.3 Å². The molecule has 46 heavy (non-hydrogen) atoms. The summed E-state index contributed by atoms with van der Waals surface area (Å²) in [4.78, 5) is 16.0. The minimum Gasteiger partial charge on any atom is -0.512 e. The maximum atomic E-state index is 14.6.